The zero-order chi connectivity index (χ0) is 21.7. The largest absolute Gasteiger partial charge is 0.416 e. The van der Waals surface area contributed by atoms with Crippen LogP contribution in [0.2, 0.25) is 0 Å². The van der Waals surface area contributed by atoms with E-state index < -0.39 is 19.7 Å². The van der Waals surface area contributed by atoms with Crippen LogP contribution >= 0.6 is 7.92 Å². The Morgan fingerprint density at radius 3 is 1.61 bits per heavy atom. The highest BCUT2D eigenvalue weighted by atomic mass is 31.1. The highest BCUT2D eigenvalue weighted by Crippen LogP contribution is 2.34. The van der Waals surface area contributed by atoms with Crippen LogP contribution in [0.4, 0.5) is 13.2 Å². The molecule has 0 unspecified atom stereocenters. The zero-order valence-corrected chi connectivity index (χ0v) is 17.4. The number of halogens is 3. The lowest BCUT2D eigenvalue weighted by atomic mass is 10.1. The Labute approximate surface area is 181 Å². The molecule has 0 aromatic heterocycles. The molecule has 0 atom stereocenters. The summed E-state index contributed by atoms with van der Waals surface area (Å²) in [4.78, 5) is 0. The molecule has 0 radical (unpaired) electrons. The molecule has 0 N–H and O–H groups in total. The Balaban J connectivity index is 1.75. The second-order valence-electron chi connectivity index (χ2n) is 6.85. The van der Waals surface area contributed by atoms with Crippen molar-refractivity contribution in [2.24, 2.45) is 0 Å². The molecule has 0 saturated carbocycles. The van der Waals surface area contributed by atoms with Gasteiger partial charge in [0, 0.05) is 16.4 Å². The van der Waals surface area contributed by atoms with E-state index in [1.807, 2.05) is 54.6 Å². The molecule has 4 aromatic carbocycles. The summed E-state index contributed by atoms with van der Waals surface area (Å²) in [6, 6.07) is 33.6. The van der Waals surface area contributed by atoms with Gasteiger partial charge >= 0.3 is 6.18 Å². The van der Waals surface area contributed by atoms with Crippen molar-refractivity contribution in [2.75, 3.05) is 0 Å². The van der Waals surface area contributed by atoms with Gasteiger partial charge in [-0.25, -0.2) is 0 Å². The molecule has 4 rings (SSSR count). The van der Waals surface area contributed by atoms with Crippen LogP contribution in [0.3, 0.4) is 0 Å². The SMILES string of the molecule is FC(F)(F)c1ccc(C#Cc2ccccc2P(c2ccccc2)c2ccccc2)cc1. The third kappa shape index (κ3) is 5.05. The number of rotatable bonds is 3. The number of benzene rings is 4. The average molecular weight is 430 g/mol. The fourth-order valence-corrected chi connectivity index (χ4v) is 5.64. The van der Waals surface area contributed by atoms with Gasteiger partial charge in [-0.3, -0.25) is 0 Å². The first-order chi connectivity index (χ1) is 15.0. The maximum atomic E-state index is 12.8. The molecule has 0 nitrogen and oxygen atoms in total. The summed E-state index contributed by atoms with van der Waals surface area (Å²) in [5, 5.41) is 3.55. The summed E-state index contributed by atoms with van der Waals surface area (Å²) in [5.74, 6) is 6.22. The summed E-state index contributed by atoms with van der Waals surface area (Å²) in [6.45, 7) is 0. The average Bonchev–Trinajstić information content (AvgIpc) is 2.80. The molecule has 0 amide bonds. The summed E-state index contributed by atoms with van der Waals surface area (Å²) >= 11 is 0. The standard InChI is InChI=1S/C27H18F3P/c28-27(29,30)23-19-16-21(17-20-23)15-18-22-9-7-8-14-26(22)31(24-10-3-1-4-11-24)25-12-5-2-6-13-25/h1-14,16-17,19-20H. The first kappa shape index (κ1) is 20.9. The van der Waals surface area contributed by atoms with Gasteiger partial charge in [0.2, 0.25) is 0 Å². The van der Waals surface area contributed by atoms with Crippen LogP contribution in [0.5, 0.6) is 0 Å². The number of hydrogen-bond donors (Lipinski definition) is 0. The molecular formula is C27H18F3P. The molecule has 0 aliphatic carbocycles. The van der Waals surface area contributed by atoms with Crippen molar-refractivity contribution >= 4 is 23.8 Å². The smallest absolute Gasteiger partial charge is 0.166 e. The maximum Gasteiger partial charge on any atom is 0.416 e. The highest BCUT2D eigenvalue weighted by molar-refractivity contribution is 7.79. The molecule has 4 aromatic rings. The topological polar surface area (TPSA) is 0 Å². The van der Waals surface area contributed by atoms with Crippen molar-refractivity contribution in [2.45, 2.75) is 6.18 Å². The summed E-state index contributed by atoms with van der Waals surface area (Å²) in [6.07, 6.45) is -4.35. The van der Waals surface area contributed by atoms with Crippen molar-refractivity contribution in [3.05, 3.63) is 126 Å². The normalized spacial score (nSPS) is 11.1. The first-order valence-corrected chi connectivity index (χ1v) is 11.0. The van der Waals surface area contributed by atoms with Crippen LogP contribution in [-0.2, 0) is 6.18 Å². The van der Waals surface area contributed by atoms with E-state index in [2.05, 4.69) is 42.2 Å². The van der Waals surface area contributed by atoms with E-state index in [4.69, 9.17) is 0 Å². The van der Waals surface area contributed by atoms with Crippen molar-refractivity contribution in [3.63, 3.8) is 0 Å². The summed E-state index contributed by atoms with van der Waals surface area (Å²) < 4.78 is 38.4. The van der Waals surface area contributed by atoms with E-state index in [1.54, 1.807) is 0 Å². The molecule has 0 spiro atoms. The third-order valence-corrected chi connectivity index (χ3v) is 7.23. The molecule has 0 aliphatic heterocycles. The lowest BCUT2D eigenvalue weighted by Crippen LogP contribution is -2.22. The van der Waals surface area contributed by atoms with Crippen LogP contribution in [0, 0.1) is 11.8 Å². The quantitative estimate of drug-likeness (QED) is 0.282. The lowest BCUT2D eigenvalue weighted by molar-refractivity contribution is -0.137. The van der Waals surface area contributed by atoms with Crippen LogP contribution in [-0.4, -0.2) is 0 Å². The van der Waals surface area contributed by atoms with Gasteiger partial charge in [-0.05, 0) is 48.9 Å². The Morgan fingerprint density at radius 1 is 0.548 bits per heavy atom. The van der Waals surface area contributed by atoms with Crippen molar-refractivity contribution in [1.29, 1.82) is 0 Å². The second-order valence-corrected chi connectivity index (χ2v) is 9.03. The van der Waals surface area contributed by atoms with E-state index in [-0.39, 0.29) is 0 Å². The van der Waals surface area contributed by atoms with Gasteiger partial charge in [0.05, 0.1) is 5.56 Å². The van der Waals surface area contributed by atoms with Gasteiger partial charge in [-0.15, -0.1) is 0 Å². The minimum absolute atomic E-state index is 0.548. The van der Waals surface area contributed by atoms with E-state index in [1.165, 1.54) is 22.7 Å². The summed E-state index contributed by atoms with van der Waals surface area (Å²) in [7, 11) is -0.819. The van der Waals surface area contributed by atoms with E-state index in [9.17, 15) is 13.2 Å². The summed E-state index contributed by atoms with van der Waals surface area (Å²) in [5.41, 5.74) is 0.753. The molecular weight excluding hydrogens is 412 g/mol. The van der Waals surface area contributed by atoms with Crippen molar-refractivity contribution in [1.82, 2.24) is 0 Å². The second kappa shape index (κ2) is 9.21. The van der Waals surface area contributed by atoms with Crippen LogP contribution < -0.4 is 15.9 Å². The van der Waals surface area contributed by atoms with E-state index in [0.717, 1.165) is 23.0 Å². The minimum atomic E-state index is -4.35. The van der Waals surface area contributed by atoms with Gasteiger partial charge in [0.15, 0.2) is 0 Å². The molecule has 31 heavy (non-hydrogen) atoms. The third-order valence-electron chi connectivity index (χ3n) is 4.73. The predicted octanol–water partition coefficient (Wildman–Crippen LogP) is 5.86. The molecule has 0 saturated heterocycles. The monoisotopic (exact) mass is 430 g/mol. The van der Waals surface area contributed by atoms with E-state index >= 15 is 0 Å². The molecule has 152 valence electrons. The Bertz CT molecular complexity index is 1160. The Morgan fingerprint density at radius 2 is 1.06 bits per heavy atom. The zero-order valence-electron chi connectivity index (χ0n) is 16.5. The van der Waals surface area contributed by atoms with Crippen molar-refractivity contribution in [3.8, 4) is 11.8 Å². The predicted molar refractivity (Wildman–Crippen MR) is 123 cm³/mol. The van der Waals surface area contributed by atoms with Crippen LogP contribution in [0.15, 0.2) is 109 Å². The molecule has 0 aliphatic rings. The molecule has 4 heteroatoms. The molecule has 0 bridgehead atoms. The number of alkyl halides is 3. The molecule has 0 fully saturated rings. The maximum absolute atomic E-state index is 12.8. The highest BCUT2D eigenvalue weighted by Gasteiger charge is 2.29. The van der Waals surface area contributed by atoms with Gasteiger partial charge in [0.25, 0.3) is 0 Å². The van der Waals surface area contributed by atoms with Gasteiger partial charge in [-0.2, -0.15) is 13.2 Å². The minimum Gasteiger partial charge on any atom is -0.166 e. The fraction of sp³-hybridized carbons (Fsp3) is 0.0370. The van der Waals surface area contributed by atoms with Gasteiger partial charge in [0.1, 0.15) is 0 Å². The fourth-order valence-electron chi connectivity index (χ4n) is 3.24. The first-order valence-electron chi connectivity index (χ1n) is 9.71. The van der Waals surface area contributed by atoms with Crippen LogP contribution in [0.25, 0.3) is 0 Å². The number of hydrogen-bond acceptors (Lipinski definition) is 0. The van der Waals surface area contributed by atoms with E-state index in [0.29, 0.717) is 5.56 Å². The Hall–Kier alpha value is -3.34. The lowest BCUT2D eigenvalue weighted by Gasteiger charge is -2.20. The van der Waals surface area contributed by atoms with Gasteiger partial charge in [-0.1, -0.05) is 90.7 Å². The Kier molecular flexibility index (Phi) is 6.21. The van der Waals surface area contributed by atoms with Gasteiger partial charge < -0.3 is 0 Å². The van der Waals surface area contributed by atoms with Crippen LogP contribution in [0.1, 0.15) is 16.7 Å². The van der Waals surface area contributed by atoms with Crippen molar-refractivity contribution < 1.29 is 13.2 Å². The molecule has 0 heterocycles.